The molecular formula is C19H23NO4. The third-order valence-corrected chi connectivity index (χ3v) is 3.88. The number of aromatic nitrogens is 1. The fourth-order valence-electron chi connectivity index (χ4n) is 2.69. The predicted octanol–water partition coefficient (Wildman–Crippen LogP) is 3.72. The maximum atomic E-state index is 5.87. The molecule has 3 rings (SSSR count). The van der Waals surface area contributed by atoms with Crippen LogP contribution >= 0.6 is 0 Å². The third-order valence-electron chi connectivity index (χ3n) is 3.88. The van der Waals surface area contributed by atoms with Crippen molar-refractivity contribution in [2.24, 2.45) is 0 Å². The minimum absolute atomic E-state index is 0.113. The molecule has 1 aromatic heterocycles. The van der Waals surface area contributed by atoms with Crippen molar-refractivity contribution in [1.82, 2.24) is 4.98 Å². The highest BCUT2D eigenvalue weighted by Crippen LogP contribution is 2.28. The number of hydrogen-bond acceptors (Lipinski definition) is 5. The van der Waals surface area contributed by atoms with E-state index in [0.29, 0.717) is 13.2 Å². The Hall–Kier alpha value is -2.11. The normalized spacial score (nSPS) is 19.9. The van der Waals surface area contributed by atoms with Crippen LogP contribution in [-0.4, -0.2) is 37.2 Å². The minimum atomic E-state index is -0.468. The molecule has 5 nitrogen and oxygen atoms in total. The largest absolute Gasteiger partial charge is 0.497 e. The minimum Gasteiger partial charge on any atom is -0.497 e. The van der Waals surface area contributed by atoms with Crippen LogP contribution in [0.2, 0.25) is 0 Å². The van der Waals surface area contributed by atoms with Gasteiger partial charge in [-0.15, -0.1) is 0 Å². The average molecular weight is 329 g/mol. The van der Waals surface area contributed by atoms with E-state index in [-0.39, 0.29) is 6.10 Å². The smallest absolute Gasteiger partial charge is 0.163 e. The first kappa shape index (κ1) is 16.7. The van der Waals surface area contributed by atoms with Gasteiger partial charge < -0.3 is 18.9 Å². The molecule has 0 N–H and O–H groups in total. The van der Waals surface area contributed by atoms with Gasteiger partial charge in [-0.3, -0.25) is 4.98 Å². The van der Waals surface area contributed by atoms with Crippen molar-refractivity contribution in [3.05, 3.63) is 42.6 Å². The fraction of sp³-hybridized carbons (Fsp3) is 0.421. The Morgan fingerprint density at radius 1 is 1.29 bits per heavy atom. The molecule has 1 atom stereocenters. The third kappa shape index (κ3) is 4.04. The molecule has 0 amide bonds. The Balaban J connectivity index is 1.57. The first-order chi connectivity index (χ1) is 11.6. The maximum absolute atomic E-state index is 5.87. The molecule has 1 aromatic carbocycles. The van der Waals surface area contributed by atoms with Crippen molar-refractivity contribution in [2.75, 3.05) is 20.3 Å². The van der Waals surface area contributed by atoms with Gasteiger partial charge in [-0.2, -0.15) is 0 Å². The molecule has 1 aliphatic rings. The van der Waals surface area contributed by atoms with E-state index >= 15 is 0 Å². The molecule has 0 spiro atoms. The van der Waals surface area contributed by atoms with Crippen molar-refractivity contribution in [2.45, 2.75) is 32.2 Å². The topological polar surface area (TPSA) is 49.8 Å². The molecule has 1 aliphatic heterocycles. The Bertz CT molecular complexity index is 726. The Labute approximate surface area is 142 Å². The van der Waals surface area contributed by atoms with Crippen molar-refractivity contribution in [3.8, 4) is 11.5 Å². The van der Waals surface area contributed by atoms with E-state index in [1.165, 1.54) is 0 Å². The summed E-state index contributed by atoms with van der Waals surface area (Å²) in [7, 11) is 1.65. The number of hydrogen-bond donors (Lipinski definition) is 0. The Morgan fingerprint density at radius 3 is 2.92 bits per heavy atom. The highest BCUT2D eigenvalue weighted by molar-refractivity contribution is 5.86. The van der Waals surface area contributed by atoms with E-state index in [9.17, 15) is 0 Å². The van der Waals surface area contributed by atoms with Crippen molar-refractivity contribution < 1.29 is 18.9 Å². The highest BCUT2D eigenvalue weighted by Gasteiger charge is 2.31. The number of methoxy groups -OCH3 is 1. The lowest BCUT2D eigenvalue weighted by Gasteiger charge is -2.16. The molecule has 1 fully saturated rings. The molecule has 128 valence electrons. The standard InChI is InChI=1S/C19H23NO4/c1-19(2)23-13-15(24-19)6-4-5-11-22-18-9-10-20-17-8-7-14(21-3)12-16(17)18/h4-5,7-10,12,15H,6,11,13H2,1-3H3. The van der Waals surface area contributed by atoms with Crippen molar-refractivity contribution in [3.63, 3.8) is 0 Å². The lowest BCUT2D eigenvalue weighted by Crippen LogP contribution is -2.21. The summed E-state index contributed by atoms with van der Waals surface area (Å²) < 4.78 is 22.4. The van der Waals surface area contributed by atoms with Gasteiger partial charge in [0, 0.05) is 11.6 Å². The van der Waals surface area contributed by atoms with Crippen LogP contribution in [0.4, 0.5) is 0 Å². The van der Waals surface area contributed by atoms with E-state index in [0.717, 1.165) is 28.8 Å². The van der Waals surface area contributed by atoms with Gasteiger partial charge in [-0.25, -0.2) is 0 Å². The summed E-state index contributed by atoms with van der Waals surface area (Å²) in [5.41, 5.74) is 0.885. The van der Waals surface area contributed by atoms with E-state index < -0.39 is 5.79 Å². The quantitative estimate of drug-likeness (QED) is 0.756. The van der Waals surface area contributed by atoms with Gasteiger partial charge in [0.05, 0.1) is 25.3 Å². The lowest BCUT2D eigenvalue weighted by molar-refractivity contribution is -0.137. The molecule has 0 bridgehead atoms. The predicted molar refractivity (Wildman–Crippen MR) is 92.5 cm³/mol. The van der Waals surface area contributed by atoms with Crippen LogP contribution < -0.4 is 9.47 Å². The van der Waals surface area contributed by atoms with E-state index in [1.54, 1.807) is 13.3 Å². The van der Waals surface area contributed by atoms with Gasteiger partial charge in [-0.05, 0) is 44.5 Å². The molecule has 1 unspecified atom stereocenters. The Morgan fingerprint density at radius 2 is 2.17 bits per heavy atom. The summed E-state index contributed by atoms with van der Waals surface area (Å²) in [4.78, 5) is 4.34. The molecule has 1 saturated heterocycles. The molecule has 2 aromatic rings. The first-order valence-electron chi connectivity index (χ1n) is 8.10. The van der Waals surface area contributed by atoms with Gasteiger partial charge in [0.25, 0.3) is 0 Å². The second kappa shape index (κ2) is 7.20. The van der Waals surface area contributed by atoms with Gasteiger partial charge in [0.2, 0.25) is 0 Å². The van der Waals surface area contributed by atoms with Crippen LogP contribution in [0.15, 0.2) is 42.6 Å². The zero-order chi connectivity index (χ0) is 17.0. The molecule has 5 heteroatoms. The van der Waals surface area contributed by atoms with E-state index in [4.69, 9.17) is 18.9 Å². The number of rotatable bonds is 6. The molecule has 24 heavy (non-hydrogen) atoms. The SMILES string of the molecule is COc1ccc2nccc(OCC=CCC3COC(C)(C)O3)c2c1. The van der Waals surface area contributed by atoms with E-state index in [1.807, 2.05) is 44.2 Å². The number of nitrogens with zero attached hydrogens (tertiary/aromatic N) is 1. The van der Waals surface area contributed by atoms with Crippen molar-refractivity contribution in [1.29, 1.82) is 0 Å². The molecule has 0 saturated carbocycles. The van der Waals surface area contributed by atoms with Gasteiger partial charge in [0.1, 0.15) is 18.1 Å². The van der Waals surface area contributed by atoms with Gasteiger partial charge >= 0.3 is 0 Å². The summed E-state index contributed by atoms with van der Waals surface area (Å²) in [5.74, 6) is 1.12. The summed E-state index contributed by atoms with van der Waals surface area (Å²) in [6.45, 7) is 4.99. The van der Waals surface area contributed by atoms with Gasteiger partial charge in [-0.1, -0.05) is 12.2 Å². The highest BCUT2D eigenvalue weighted by atomic mass is 16.7. The number of ether oxygens (including phenoxy) is 4. The molecule has 2 heterocycles. The summed E-state index contributed by atoms with van der Waals surface area (Å²) in [5, 5.41) is 0.944. The van der Waals surface area contributed by atoms with Crippen LogP contribution in [0, 0.1) is 0 Å². The number of pyridine rings is 1. The second-order valence-corrected chi connectivity index (χ2v) is 6.16. The maximum Gasteiger partial charge on any atom is 0.163 e. The zero-order valence-electron chi connectivity index (χ0n) is 14.3. The monoisotopic (exact) mass is 329 g/mol. The molecule has 0 aliphatic carbocycles. The average Bonchev–Trinajstić information content (AvgIpc) is 2.93. The fourth-order valence-corrected chi connectivity index (χ4v) is 2.69. The van der Waals surface area contributed by atoms with Crippen LogP contribution in [0.25, 0.3) is 10.9 Å². The second-order valence-electron chi connectivity index (χ2n) is 6.16. The Kier molecular flexibility index (Phi) is 5.02. The zero-order valence-corrected chi connectivity index (χ0v) is 14.3. The van der Waals surface area contributed by atoms with Gasteiger partial charge in [0.15, 0.2) is 5.79 Å². The number of benzene rings is 1. The van der Waals surface area contributed by atoms with Crippen molar-refractivity contribution >= 4 is 10.9 Å². The van der Waals surface area contributed by atoms with E-state index in [2.05, 4.69) is 11.1 Å². The van der Waals surface area contributed by atoms with Crippen LogP contribution in [-0.2, 0) is 9.47 Å². The lowest BCUT2D eigenvalue weighted by atomic mass is 10.2. The summed E-state index contributed by atoms with van der Waals surface area (Å²) >= 11 is 0. The summed E-state index contributed by atoms with van der Waals surface area (Å²) in [6.07, 6.45) is 6.75. The van der Waals surface area contributed by atoms with Crippen LogP contribution in [0.5, 0.6) is 11.5 Å². The summed E-state index contributed by atoms with van der Waals surface area (Å²) in [6, 6.07) is 7.62. The number of fused-ring (bicyclic) bond motifs is 1. The first-order valence-corrected chi connectivity index (χ1v) is 8.10. The van der Waals surface area contributed by atoms with Crippen LogP contribution in [0.1, 0.15) is 20.3 Å². The van der Waals surface area contributed by atoms with Crippen LogP contribution in [0.3, 0.4) is 0 Å². The molecule has 0 radical (unpaired) electrons. The molecular weight excluding hydrogens is 306 g/mol.